The van der Waals surface area contributed by atoms with Gasteiger partial charge in [-0.05, 0) is 38.8 Å². The van der Waals surface area contributed by atoms with E-state index >= 15 is 0 Å². The highest BCUT2D eigenvalue weighted by Crippen LogP contribution is 2.00. The molecule has 0 heterocycles. The molecular formula is C16H25NO. The van der Waals surface area contributed by atoms with Crippen LogP contribution < -0.4 is 5.32 Å². The summed E-state index contributed by atoms with van der Waals surface area (Å²) in [4.78, 5) is 0. The van der Waals surface area contributed by atoms with E-state index in [-0.39, 0.29) is 0 Å². The molecule has 0 spiro atoms. The zero-order valence-corrected chi connectivity index (χ0v) is 11.6. The zero-order valence-electron chi connectivity index (χ0n) is 11.6. The van der Waals surface area contributed by atoms with Crippen LogP contribution in [0.5, 0.6) is 0 Å². The highest BCUT2D eigenvalue weighted by atomic mass is 16.5. The van der Waals surface area contributed by atoms with Crippen LogP contribution in [0.25, 0.3) is 6.08 Å². The van der Waals surface area contributed by atoms with Gasteiger partial charge in [0.05, 0.1) is 6.10 Å². The molecule has 0 aliphatic carbocycles. The highest BCUT2D eigenvalue weighted by molar-refractivity contribution is 5.48. The molecule has 18 heavy (non-hydrogen) atoms. The maximum absolute atomic E-state index is 5.49. The first-order valence-corrected chi connectivity index (χ1v) is 6.83. The lowest BCUT2D eigenvalue weighted by Gasteiger charge is -2.06. The summed E-state index contributed by atoms with van der Waals surface area (Å²) in [6, 6.07) is 10.4. The van der Waals surface area contributed by atoms with Crippen molar-refractivity contribution in [2.45, 2.75) is 32.8 Å². The molecule has 0 unspecified atom stereocenters. The van der Waals surface area contributed by atoms with Crippen molar-refractivity contribution in [3.63, 3.8) is 0 Å². The number of hydrogen-bond acceptors (Lipinski definition) is 2. The van der Waals surface area contributed by atoms with Crippen molar-refractivity contribution < 1.29 is 4.74 Å². The monoisotopic (exact) mass is 247 g/mol. The highest BCUT2D eigenvalue weighted by Gasteiger charge is 1.92. The average molecular weight is 247 g/mol. The largest absolute Gasteiger partial charge is 0.379 e. The fourth-order valence-electron chi connectivity index (χ4n) is 1.62. The summed E-state index contributed by atoms with van der Waals surface area (Å²) < 4.78 is 5.49. The van der Waals surface area contributed by atoms with Gasteiger partial charge in [-0.15, -0.1) is 0 Å². The molecule has 0 saturated carbocycles. The summed E-state index contributed by atoms with van der Waals surface area (Å²) >= 11 is 0. The van der Waals surface area contributed by atoms with E-state index in [1.54, 1.807) is 0 Å². The van der Waals surface area contributed by atoms with E-state index in [0.717, 1.165) is 26.1 Å². The predicted molar refractivity (Wildman–Crippen MR) is 78.7 cm³/mol. The Morgan fingerprint density at radius 3 is 2.67 bits per heavy atom. The Labute approximate surface area is 111 Å². The van der Waals surface area contributed by atoms with E-state index in [9.17, 15) is 0 Å². The van der Waals surface area contributed by atoms with Crippen molar-refractivity contribution in [2.24, 2.45) is 0 Å². The molecule has 0 amide bonds. The number of nitrogens with one attached hydrogen (secondary N) is 1. The van der Waals surface area contributed by atoms with Gasteiger partial charge in [-0.25, -0.2) is 0 Å². The number of rotatable bonds is 9. The molecule has 0 fully saturated rings. The Morgan fingerprint density at radius 1 is 1.17 bits per heavy atom. The molecule has 1 aromatic carbocycles. The molecule has 0 saturated heterocycles. The average Bonchev–Trinajstić information content (AvgIpc) is 2.37. The summed E-state index contributed by atoms with van der Waals surface area (Å²) in [6.45, 7) is 7.01. The summed E-state index contributed by atoms with van der Waals surface area (Å²) in [7, 11) is 0. The van der Waals surface area contributed by atoms with Crippen molar-refractivity contribution in [1.29, 1.82) is 0 Å². The second-order valence-electron chi connectivity index (χ2n) is 4.64. The molecule has 100 valence electrons. The lowest BCUT2D eigenvalue weighted by molar-refractivity contribution is 0.0761. The van der Waals surface area contributed by atoms with Crippen molar-refractivity contribution >= 4 is 6.08 Å². The second kappa shape index (κ2) is 9.86. The number of benzene rings is 1. The SMILES string of the molecule is CC(C)OCCCCNC/C=C/c1ccccc1. The smallest absolute Gasteiger partial charge is 0.0518 e. The maximum atomic E-state index is 5.49. The molecule has 1 N–H and O–H groups in total. The van der Waals surface area contributed by atoms with Crippen LogP contribution in [0.2, 0.25) is 0 Å². The van der Waals surface area contributed by atoms with E-state index in [1.165, 1.54) is 12.0 Å². The van der Waals surface area contributed by atoms with Crippen molar-refractivity contribution in [1.82, 2.24) is 5.32 Å². The molecule has 0 aliphatic rings. The fraction of sp³-hybridized carbons (Fsp3) is 0.500. The molecule has 0 atom stereocenters. The summed E-state index contributed by atoms with van der Waals surface area (Å²) in [5.41, 5.74) is 1.25. The predicted octanol–water partition coefficient (Wildman–Crippen LogP) is 3.49. The number of ether oxygens (including phenoxy) is 1. The van der Waals surface area contributed by atoms with Crippen LogP contribution in [0.1, 0.15) is 32.3 Å². The Kier molecular flexibility index (Phi) is 8.19. The molecule has 1 aromatic rings. The molecule has 0 aromatic heterocycles. The van der Waals surface area contributed by atoms with Gasteiger partial charge in [0.15, 0.2) is 0 Å². The van der Waals surface area contributed by atoms with Gasteiger partial charge in [-0.1, -0.05) is 42.5 Å². The van der Waals surface area contributed by atoms with Gasteiger partial charge >= 0.3 is 0 Å². The first-order chi connectivity index (χ1) is 8.79. The Morgan fingerprint density at radius 2 is 1.94 bits per heavy atom. The molecule has 0 aliphatic heterocycles. The lowest BCUT2D eigenvalue weighted by Crippen LogP contribution is -2.15. The van der Waals surface area contributed by atoms with Gasteiger partial charge < -0.3 is 10.1 Å². The minimum atomic E-state index is 0.353. The maximum Gasteiger partial charge on any atom is 0.0518 e. The molecule has 1 rings (SSSR count). The van der Waals surface area contributed by atoms with Gasteiger partial charge in [-0.3, -0.25) is 0 Å². The third kappa shape index (κ3) is 8.04. The second-order valence-corrected chi connectivity index (χ2v) is 4.64. The minimum absolute atomic E-state index is 0.353. The standard InChI is InChI=1S/C16H25NO/c1-15(2)18-14-7-6-12-17-13-8-11-16-9-4-3-5-10-16/h3-5,8-11,15,17H,6-7,12-14H2,1-2H3/b11-8+. The van der Waals surface area contributed by atoms with Crippen LogP contribution in [0.3, 0.4) is 0 Å². The van der Waals surface area contributed by atoms with Crippen LogP contribution in [0.15, 0.2) is 36.4 Å². The van der Waals surface area contributed by atoms with Crippen LogP contribution in [0, 0.1) is 0 Å². The Balaban J connectivity index is 1.94. The topological polar surface area (TPSA) is 21.3 Å². The first-order valence-electron chi connectivity index (χ1n) is 6.83. The number of hydrogen-bond donors (Lipinski definition) is 1. The van der Waals surface area contributed by atoms with Crippen LogP contribution >= 0.6 is 0 Å². The van der Waals surface area contributed by atoms with Crippen molar-refractivity contribution in [3.05, 3.63) is 42.0 Å². The minimum Gasteiger partial charge on any atom is -0.379 e. The first kappa shape index (κ1) is 14.9. The quantitative estimate of drug-likeness (QED) is 0.674. The Hall–Kier alpha value is -1.12. The Bertz CT molecular complexity index is 319. The molecule has 2 heteroatoms. The van der Waals surface area contributed by atoms with E-state index in [2.05, 4.69) is 55.6 Å². The van der Waals surface area contributed by atoms with E-state index in [1.807, 2.05) is 6.07 Å². The molecule has 2 nitrogen and oxygen atoms in total. The molecular weight excluding hydrogens is 222 g/mol. The van der Waals surface area contributed by atoms with Gasteiger partial charge in [0.25, 0.3) is 0 Å². The summed E-state index contributed by atoms with van der Waals surface area (Å²) in [6.07, 6.45) is 6.97. The van der Waals surface area contributed by atoms with E-state index in [4.69, 9.17) is 4.74 Å². The van der Waals surface area contributed by atoms with Crippen LogP contribution in [-0.4, -0.2) is 25.8 Å². The summed E-state index contributed by atoms with van der Waals surface area (Å²) in [5, 5.41) is 3.40. The van der Waals surface area contributed by atoms with Crippen LogP contribution in [-0.2, 0) is 4.74 Å². The summed E-state index contributed by atoms with van der Waals surface area (Å²) in [5.74, 6) is 0. The van der Waals surface area contributed by atoms with Crippen molar-refractivity contribution in [3.8, 4) is 0 Å². The third-order valence-corrected chi connectivity index (χ3v) is 2.57. The van der Waals surface area contributed by atoms with E-state index in [0.29, 0.717) is 6.10 Å². The van der Waals surface area contributed by atoms with Gasteiger partial charge in [-0.2, -0.15) is 0 Å². The van der Waals surface area contributed by atoms with Gasteiger partial charge in [0.2, 0.25) is 0 Å². The molecule has 0 radical (unpaired) electrons. The fourth-order valence-corrected chi connectivity index (χ4v) is 1.62. The van der Waals surface area contributed by atoms with Crippen molar-refractivity contribution in [2.75, 3.05) is 19.7 Å². The van der Waals surface area contributed by atoms with E-state index < -0.39 is 0 Å². The lowest BCUT2D eigenvalue weighted by atomic mass is 10.2. The zero-order chi connectivity index (χ0) is 13.1. The third-order valence-electron chi connectivity index (χ3n) is 2.57. The van der Waals surface area contributed by atoms with Gasteiger partial charge in [0.1, 0.15) is 0 Å². The molecule has 0 bridgehead atoms. The van der Waals surface area contributed by atoms with Gasteiger partial charge in [0, 0.05) is 13.2 Å². The number of unbranched alkanes of at least 4 members (excludes halogenated alkanes) is 1. The van der Waals surface area contributed by atoms with Crippen LogP contribution in [0.4, 0.5) is 0 Å². The normalized spacial score (nSPS) is 11.5.